The summed E-state index contributed by atoms with van der Waals surface area (Å²) in [5, 5.41) is 2.08. The van der Waals surface area contributed by atoms with Gasteiger partial charge in [-0.1, -0.05) is 6.92 Å². The molecule has 1 amide bonds. The first-order valence-corrected chi connectivity index (χ1v) is 3.86. The molecule has 0 saturated heterocycles. The van der Waals surface area contributed by atoms with Crippen molar-refractivity contribution in [1.82, 2.24) is 5.32 Å². The van der Waals surface area contributed by atoms with Gasteiger partial charge in [-0.2, -0.15) is 0 Å². The number of carbonyl (C=O) groups is 1. The molecule has 0 radical (unpaired) electrons. The summed E-state index contributed by atoms with van der Waals surface area (Å²) in [6, 6.07) is -0.234. The van der Waals surface area contributed by atoms with Crippen LogP contribution in [0.25, 0.3) is 0 Å². The van der Waals surface area contributed by atoms with Crippen molar-refractivity contribution in [3.63, 3.8) is 0 Å². The average Bonchev–Trinajstić information content (AvgIpc) is 2.00. The number of hydrogen-bond acceptors (Lipinski definition) is 2. The van der Waals surface area contributed by atoms with E-state index in [9.17, 15) is 13.6 Å². The van der Waals surface area contributed by atoms with Crippen LogP contribution in [0.15, 0.2) is 0 Å². The van der Waals surface area contributed by atoms with E-state index in [1.54, 1.807) is 0 Å². The van der Waals surface area contributed by atoms with Gasteiger partial charge in [-0.15, -0.1) is 0 Å². The summed E-state index contributed by atoms with van der Waals surface area (Å²) in [7, 11) is 0. The molecule has 0 fully saturated rings. The van der Waals surface area contributed by atoms with Gasteiger partial charge in [-0.3, -0.25) is 4.79 Å². The van der Waals surface area contributed by atoms with Crippen LogP contribution in [0, 0.1) is 0 Å². The summed E-state index contributed by atoms with van der Waals surface area (Å²) in [6.45, 7) is 1.25. The Morgan fingerprint density at radius 1 is 1.58 bits per heavy atom. The molecule has 0 bridgehead atoms. The van der Waals surface area contributed by atoms with Gasteiger partial charge in [0.15, 0.2) is 0 Å². The Bertz CT molecular complexity index is 141. The molecule has 1 atom stereocenters. The molecule has 0 aromatic carbocycles. The third-order valence-corrected chi connectivity index (χ3v) is 1.43. The van der Waals surface area contributed by atoms with Gasteiger partial charge in [0, 0.05) is 12.5 Å². The van der Waals surface area contributed by atoms with E-state index in [0.717, 1.165) is 0 Å². The molecule has 0 aliphatic heterocycles. The number of nitrogens with two attached hydrogens (primary N) is 1. The third-order valence-electron chi connectivity index (χ3n) is 1.43. The summed E-state index contributed by atoms with van der Waals surface area (Å²) >= 11 is 0. The van der Waals surface area contributed by atoms with Crippen molar-refractivity contribution in [1.29, 1.82) is 0 Å². The number of hydrogen-bond donors (Lipinski definition) is 2. The van der Waals surface area contributed by atoms with E-state index in [0.29, 0.717) is 6.42 Å². The third kappa shape index (κ3) is 6.03. The first-order chi connectivity index (χ1) is 5.56. The van der Waals surface area contributed by atoms with Crippen LogP contribution in [-0.2, 0) is 4.79 Å². The summed E-state index contributed by atoms with van der Waals surface area (Å²) in [6.07, 6.45) is -1.71. The molecule has 0 rings (SSSR count). The largest absolute Gasteiger partial charge is 0.350 e. The summed E-state index contributed by atoms with van der Waals surface area (Å²) in [5.41, 5.74) is 5.43. The lowest BCUT2D eigenvalue weighted by Crippen LogP contribution is -2.33. The van der Waals surface area contributed by atoms with Gasteiger partial charge < -0.3 is 11.1 Å². The van der Waals surface area contributed by atoms with Crippen LogP contribution < -0.4 is 11.1 Å². The van der Waals surface area contributed by atoms with E-state index in [2.05, 4.69) is 5.32 Å². The van der Waals surface area contributed by atoms with Gasteiger partial charge in [0.2, 0.25) is 5.91 Å². The lowest BCUT2D eigenvalue weighted by atomic mass is 10.1. The topological polar surface area (TPSA) is 55.1 Å². The van der Waals surface area contributed by atoms with Gasteiger partial charge in [0.25, 0.3) is 6.43 Å². The van der Waals surface area contributed by atoms with Gasteiger partial charge in [-0.05, 0) is 6.42 Å². The van der Waals surface area contributed by atoms with Crippen molar-refractivity contribution >= 4 is 5.91 Å². The highest BCUT2D eigenvalue weighted by molar-refractivity contribution is 5.76. The van der Waals surface area contributed by atoms with Gasteiger partial charge in [0.1, 0.15) is 0 Å². The van der Waals surface area contributed by atoms with E-state index in [-0.39, 0.29) is 12.5 Å². The standard InChI is InChI=1S/C7H14F2N2O/c1-2-5(10)3-7(12)11-4-6(8)9/h5-6H,2-4,10H2,1H3,(H,11,12). The lowest BCUT2D eigenvalue weighted by Gasteiger charge is -2.08. The second-order valence-corrected chi connectivity index (χ2v) is 2.57. The molecule has 12 heavy (non-hydrogen) atoms. The van der Waals surface area contributed by atoms with E-state index in [4.69, 9.17) is 5.73 Å². The Morgan fingerprint density at radius 3 is 2.58 bits per heavy atom. The zero-order valence-corrected chi connectivity index (χ0v) is 7.02. The van der Waals surface area contributed by atoms with E-state index in [1.165, 1.54) is 0 Å². The van der Waals surface area contributed by atoms with Gasteiger partial charge in [-0.25, -0.2) is 8.78 Å². The van der Waals surface area contributed by atoms with Crippen LogP contribution >= 0.6 is 0 Å². The average molecular weight is 180 g/mol. The molecule has 0 aliphatic rings. The van der Waals surface area contributed by atoms with Crippen molar-refractivity contribution < 1.29 is 13.6 Å². The fourth-order valence-electron chi connectivity index (χ4n) is 0.646. The molecule has 0 heterocycles. The van der Waals surface area contributed by atoms with Gasteiger partial charge in [0.05, 0.1) is 6.54 Å². The van der Waals surface area contributed by atoms with E-state index in [1.807, 2.05) is 6.92 Å². The zero-order chi connectivity index (χ0) is 9.56. The fourth-order valence-corrected chi connectivity index (χ4v) is 0.646. The predicted molar refractivity (Wildman–Crippen MR) is 41.9 cm³/mol. The molecular weight excluding hydrogens is 166 g/mol. The summed E-state index contributed by atoms with van der Waals surface area (Å²) in [4.78, 5) is 10.8. The van der Waals surface area contributed by atoms with Crippen molar-refractivity contribution in [3.05, 3.63) is 0 Å². The van der Waals surface area contributed by atoms with Crippen LogP contribution in [0.1, 0.15) is 19.8 Å². The highest BCUT2D eigenvalue weighted by atomic mass is 19.3. The Morgan fingerprint density at radius 2 is 2.17 bits per heavy atom. The Balaban J connectivity index is 3.46. The number of amides is 1. The monoisotopic (exact) mass is 180 g/mol. The molecule has 72 valence electrons. The van der Waals surface area contributed by atoms with Crippen LogP contribution in [0.5, 0.6) is 0 Å². The number of alkyl halides is 2. The van der Waals surface area contributed by atoms with Crippen LogP contribution in [0.3, 0.4) is 0 Å². The number of carbonyl (C=O) groups excluding carboxylic acids is 1. The Kier molecular flexibility index (Phi) is 5.53. The zero-order valence-electron chi connectivity index (χ0n) is 7.02. The first kappa shape index (κ1) is 11.3. The normalized spacial score (nSPS) is 13.1. The summed E-state index contributed by atoms with van der Waals surface area (Å²) < 4.78 is 23.1. The maximum absolute atomic E-state index is 11.6. The first-order valence-electron chi connectivity index (χ1n) is 3.86. The minimum absolute atomic E-state index is 0.114. The number of nitrogens with one attached hydrogen (secondary N) is 1. The lowest BCUT2D eigenvalue weighted by molar-refractivity contribution is -0.122. The minimum atomic E-state index is -2.49. The minimum Gasteiger partial charge on any atom is -0.350 e. The summed E-state index contributed by atoms with van der Waals surface area (Å²) in [5.74, 6) is -0.412. The molecular formula is C7H14F2N2O. The van der Waals surface area contributed by atoms with Crippen molar-refractivity contribution in [2.75, 3.05) is 6.54 Å². The molecule has 0 spiro atoms. The van der Waals surface area contributed by atoms with Crippen molar-refractivity contribution in [2.45, 2.75) is 32.2 Å². The van der Waals surface area contributed by atoms with E-state index < -0.39 is 18.9 Å². The van der Waals surface area contributed by atoms with Crippen molar-refractivity contribution in [3.8, 4) is 0 Å². The van der Waals surface area contributed by atoms with E-state index >= 15 is 0 Å². The quantitative estimate of drug-likeness (QED) is 0.647. The van der Waals surface area contributed by atoms with Crippen LogP contribution in [-0.4, -0.2) is 24.9 Å². The maximum atomic E-state index is 11.6. The number of halogens is 2. The molecule has 0 aromatic heterocycles. The molecule has 0 aromatic rings. The molecule has 5 heteroatoms. The Hall–Kier alpha value is -0.710. The molecule has 3 nitrogen and oxygen atoms in total. The molecule has 0 saturated carbocycles. The second-order valence-electron chi connectivity index (χ2n) is 2.57. The fraction of sp³-hybridized carbons (Fsp3) is 0.857. The highest BCUT2D eigenvalue weighted by Crippen LogP contribution is 1.94. The maximum Gasteiger partial charge on any atom is 0.255 e. The van der Waals surface area contributed by atoms with Crippen LogP contribution in [0.4, 0.5) is 8.78 Å². The molecule has 1 unspecified atom stereocenters. The number of rotatable bonds is 5. The highest BCUT2D eigenvalue weighted by Gasteiger charge is 2.09. The smallest absolute Gasteiger partial charge is 0.255 e. The molecule has 0 aliphatic carbocycles. The SMILES string of the molecule is CCC(N)CC(=O)NCC(F)F. The second kappa shape index (κ2) is 5.88. The van der Waals surface area contributed by atoms with Crippen molar-refractivity contribution in [2.24, 2.45) is 5.73 Å². The Labute approximate surface area is 70.3 Å². The molecule has 3 N–H and O–H groups in total. The van der Waals surface area contributed by atoms with Crippen LogP contribution in [0.2, 0.25) is 0 Å². The predicted octanol–water partition coefficient (Wildman–Crippen LogP) is 0.495. The van der Waals surface area contributed by atoms with Gasteiger partial charge >= 0.3 is 0 Å².